The molecule has 8 nitrogen and oxygen atoms in total. The Kier molecular flexibility index (Phi) is 6.35. The van der Waals surface area contributed by atoms with Gasteiger partial charge >= 0.3 is 5.69 Å². The molecule has 1 N–H and O–H groups in total. The average Bonchev–Trinajstić information content (AvgIpc) is 3.43. The van der Waals surface area contributed by atoms with E-state index in [2.05, 4.69) is 63.7 Å². The minimum absolute atomic E-state index is 0.0746. The summed E-state index contributed by atoms with van der Waals surface area (Å²) in [4.78, 5) is 17.1. The van der Waals surface area contributed by atoms with E-state index in [0.717, 1.165) is 60.2 Å². The van der Waals surface area contributed by atoms with Crippen molar-refractivity contribution in [2.75, 3.05) is 0 Å². The van der Waals surface area contributed by atoms with Crippen molar-refractivity contribution in [1.82, 2.24) is 34.7 Å². The number of hydrogen-bond acceptors (Lipinski definition) is 5. The smallest absolute Gasteiger partial charge is 0.299 e. The third-order valence-electron chi connectivity index (χ3n) is 5.39. The van der Waals surface area contributed by atoms with Gasteiger partial charge in [-0.2, -0.15) is 5.21 Å². The highest BCUT2D eigenvalue weighted by Gasteiger charge is 2.13. The van der Waals surface area contributed by atoms with E-state index < -0.39 is 0 Å². The first kappa shape index (κ1) is 20.7. The van der Waals surface area contributed by atoms with Gasteiger partial charge in [0.2, 0.25) is 5.82 Å². The van der Waals surface area contributed by atoms with Crippen molar-refractivity contribution in [1.29, 1.82) is 0 Å². The Morgan fingerprint density at radius 2 is 1.87 bits per heavy atom. The molecule has 160 valence electrons. The van der Waals surface area contributed by atoms with Crippen molar-refractivity contribution in [2.45, 2.75) is 52.6 Å². The molecular weight excluding hydrogens is 390 g/mol. The summed E-state index contributed by atoms with van der Waals surface area (Å²) in [5.41, 5.74) is 5.11. The third-order valence-corrected chi connectivity index (χ3v) is 5.39. The van der Waals surface area contributed by atoms with Crippen LogP contribution in [0.4, 0.5) is 0 Å². The Labute approximate surface area is 181 Å². The summed E-state index contributed by atoms with van der Waals surface area (Å²) in [5.74, 6) is 0.511. The summed E-state index contributed by atoms with van der Waals surface area (Å²) >= 11 is 0. The predicted molar refractivity (Wildman–Crippen MR) is 120 cm³/mol. The van der Waals surface area contributed by atoms with Crippen LogP contribution in [0.5, 0.6) is 0 Å². The topological polar surface area (TPSA) is 94.3 Å². The standard InChI is InChI=1S/C23H27N7O/c1-3-5-6-19-16-29(13-4-2)23(31)30(19)15-17-7-9-18(10-8-17)20-11-12-24-14-21(20)22-25-27-28-26-22/h7-12,14,16H,3-6,13,15H2,1-2H3,(H,25,26,27,28). The molecule has 3 heterocycles. The minimum Gasteiger partial charge on any atom is -0.299 e. The number of pyridine rings is 1. The van der Waals surface area contributed by atoms with Gasteiger partial charge in [-0.15, -0.1) is 10.2 Å². The van der Waals surface area contributed by atoms with Crippen LogP contribution in [0, 0.1) is 0 Å². The van der Waals surface area contributed by atoms with Crippen molar-refractivity contribution < 1.29 is 0 Å². The Bertz CT molecular complexity index is 1170. The average molecular weight is 418 g/mol. The third kappa shape index (κ3) is 4.47. The lowest BCUT2D eigenvalue weighted by Crippen LogP contribution is -2.25. The lowest BCUT2D eigenvalue weighted by Gasteiger charge is -2.10. The number of aryl methyl sites for hydroxylation is 2. The highest BCUT2D eigenvalue weighted by molar-refractivity contribution is 5.79. The number of H-pyrrole nitrogens is 1. The number of benzene rings is 1. The molecule has 0 fully saturated rings. The van der Waals surface area contributed by atoms with Crippen LogP contribution in [0.1, 0.15) is 44.4 Å². The molecule has 1 aromatic carbocycles. The maximum Gasteiger partial charge on any atom is 0.328 e. The maximum atomic E-state index is 12.9. The van der Waals surface area contributed by atoms with Crippen molar-refractivity contribution >= 4 is 0 Å². The fraction of sp³-hybridized carbons (Fsp3) is 0.348. The predicted octanol–water partition coefficient (Wildman–Crippen LogP) is 3.69. The number of hydrogen-bond donors (Lipinski definition) is 1. The number of aromatic amines is 1. The largest absolute Gasteiger partial charge is 0.328 e. The number of nitrogens with one attached hydrogen (secondary N) is 1. The van der Waals surface area contributed by atoms with Crippen LogP contribution in [-0.2, 0) is 19.5 Å². The van der Waals surface area contributed by atoms with Gasteiger partial charge in [0, 0.05) is 36.4 Å². The second-order valence-corrected chi connectivity index (χ2v) is 7.64. The van der Waals surface area contributed by atoms with E-state index in [0.29, 0.717) is 12.4 Å². The highest BCUT2D eigenvalue weighted by Crippen LogP contribution is 2.29. The number of rotatable bonds is 9. The van der Waals surface area contributed by atoms with Gasteiger partial charge in [-0.05, 0) is 47.2 Å². The summed E-state index contributed by atoms with van der Waals surface area (Å²) in [7, 11) is 0. The van der Waals surface area contributed by atoms with E-state index in [1.165, 1.54) is 0 Å². The number of imidazole rings is 1. The van der Waals surface area contributed by atoms with Crippen LogP contribution in [0.3, 0.4) is 0 Å². The zero-order valence-electron chi connectivity index (χ0n) is 18.0. The van der Waals surface area contributed by atoms with Gasteiger partial charge < -0.3 is 0 Å². The molecule has 0 atom stereocenters. The molecule has 0 bridgehead atoms. The van der Waals surface area contributed by atoms with Gasteiger partial charge in [0.05, 0.1) is 6.54 Å². The number of unbranched alkanes of at least 4 members (excludes halogenated alkanes) is 1. The van der Waals surface area contributed by atoms with E-state index in [1.807, 2.05) is 21.4 Å². The molecule has 0 unspecified atom stereocenters. The molecule has 0 amide bonds. The maximum absolute atomic E-state index is 12.9. The summed E-state index contributed by atoms with van der Waals surface area (Å²) in [6.45, 7) is 5.59. The van der Waals surface area contributed by atoms with E-state index >= 15 is 0 Å². The fourth-order valence-corrected chi connectivity index (χ4v) is 3.78. The Hall–Kier alpha value is -3.55. The molecule has 0 aliphatic carbocycles. The normalized spacial score (nSPS) is 11.2. The zero-order chi connectivity index (χ0) is 21.6. The molecule has 4 aromatic rings. The quantitative estimate of drug-likeness (QED) is 0.448. The van der Waals surface area contributed by atoms with Gasteiger partial charge in [0.1, 0.15) is 0 Å². The van der Waals surface area contributed by atoms with E-state index in [9.17, 15) is 4.79 Å². The van der Waals surface area contributed by atoms with Crippen molar-refractivity contribution in [3.63, 3.8) is 0 Å². The van der Waals surface area contributed by atoms with E-state index in [-0.39, 0.29) is 5.69 Å². The first-order valence-corrected chi connectivity index (χ1v) is 10.8. The number of aromatic nitrogens is 7. The van der Waals surface area contributed by atoms with Crippen LogP contribution in [0.2, 0.25) is 0 Å². The molecular formula is C23H27N7O. The van der Waals surface area contributed by atoms with E-state index in [1.54, 1.807) is 12.4 Å². The first-order chi connectivity index (χ1) is 15.2. The SMILES string of the molecule is CCCCc1cn(CCC)c(=O)n1Cc1ccc(-c2ccncc2-c2nn[nH]n2)cc1. The molecule has 0 saturated heterocycles. The van der Waals surface area contributed by atoms with Crippen LogP contribution >= 0.6 is 0 Å². The molecule has 0 aliphatic rings. The van der Waals surface area contributed by atoms with Gasteiger partial charge in [0.15, 0.2) is 0 Å². The number of nitrogens with zero attached hydrogens (tertiary/aromatic N) is 6. The summed E-state index contributed by atoms with van der Waals surface area (Å²) in [5, 5.41) is 14.3. The summed E-state index contributed by atoms with van der Waals surface area (Å²) in [6.07, 6.45) is 9.58. The van der Waals surface area contributed by atoms with Gasteiger partial charge in [-0.1, -0.05) is 44.5 Å². The van der Waals surface area contributed by atoms with E-state index in [4.69, 9.17) is 0 Å². The first-order valence-electron chi connectivity index (χ1n) is 10.8. The monoisotopic (exact) mass is 417 g/mol. The lowest BCUT2D eigenvalue weighted by atomic mass is 10.00. The van der Waals surface area contributed by atoms with Crippen molar-refractivity contribution in [3.8, 4) is 22.5 Å². The molecule has 0 spiro atoms. The van der Waals surface area contributed by atoms with Crippen LogP contribution in [0.15, 0.2) is 53.7 Å². The van der Waals surface area contributed by atoms with Gasteiger partial charge in [-0.25, -0.2) is 4.79 Å². The van der Waals surface area contributed by atoms with Gasteiger partial charge in [0.25, 0.3) is 0 Å². The lowest BCUT2D eigenvalue weighted by molar-refractivity contribution is 0.617. The molecule has 0 radical (unpaired) electrons. The molecule has 0 aliphatic heterocycles. The molecule has 31 heavy (non-hydrogen) atoms. The van der Waals surface area contributed by atoms with Crippen LogP contribution in [-0.4, -0.2) is 34.7 Å². The van der Waals surface area contributed by atoms with Crippen LogP contribution in [0.25, 0.3) is 22.5 Å². The second kappa shape index (κ2) is 9.51. The van der Waals surface area contributed by atoms with Crippen molar-refractivity contribution in [3.05, 3.63) is 70.7 Å². The molecule has 3 aromatic heterocycles. The van der Waals surface area contributed by atoms with Crippen molar-refractivity contribution in [2.24, 2.45) is 0 Å². The fourth-order valence-electron chi connectivity index (χ4n) is 3.78. The summed E-state index contributed by atoms with van der Waals surface area (Å²) < 4.78 is 3.75. The molecule has 8 heteroatoms. The second-order valence-electron chi connectivity index (χ2n) is 7.64. The molecule has 4 rings (SSSR count). The molecule has 0 saturated carbocycles. The van der Waals surface area contributed by atoms with Crippen LogP contribution < -0.4 is 5.69 Å². The minimum atomic E-state index is 0.0746. The Balaban J connectivity index is 1.62. The highest BCUT2D eigenvalue weighted by atomic mass is 16.1. The Morgan fingerprint density at radius 1 is 1.03 bits per heavy atom. The number of tetrazole rings is 1. The Morgan fingerprint density at radius 3 is 2.58 bits per heavy atom. The zero-order valence-corrected chi connectivity index (χ0v) is 18.0. The summed E-state index contributed by atoms with van der Waals surface area (Å²) in [6, 6.07) is 10.2. The van der Waals surface area contributed by atoms with Gasteiger partial charge in [-0.3, -0.25) is 14.1 Å².